The molecule has 1 atom stereocenters. The van der Waals surface area contributed by atoms with Crippen LogP contribution in [0.15, 0.2) is 24.3 Å². The summed E-state index contributed by atoms with van der Waals surface area (Å²) in [6, 6.07) is 9.66. The van der Waals surface area contributed by atoms with Crippen LogP contribution < -0.4 is 10.2 Å². The van der Waals surface area contributed by atoms with Crippen LogP contribution in [-0.2, 0) is 0 Å². The van der Waals surface area contributed by atoms with Gasteiger partial charge in [-0.15, -0.1) is 0 Å². The van der Waals surface area contributed by atoms with Crippen LogP contribution in [0.5, 0.6) is 0 Å². The summed E-state index contributed by atoms with van der Waals surface area (Å²) in [6.07, 6.45) is 6.71. The molecule has 1 unspecified atom stereocenters. The lowest BCUT2D eigenvalue weighted by Crippen LogP contribution is -2.63. The van der Waals surface area contributed by atoms with Crippen LogP contribution in [-0.4, -0.2) is 24.7 Å². The van der Waals surface area contributed by atoms with Crippen molar-refractivity contribution in [2.45, 2.75) is 57.5 Å². The van der Waals surface area contributed by atoms with E-state index in [0.717, 1.165) is 6.54 Å². The van der Waals surface area contributed by atoms with E-state index >= 15 is 0 Å². The second-order valence-corrected chi connectivity index (χ2v) is 6.40. The fourth-order valence-electron chi connectivity index (χ4n) is 3.82. The van der Waals surface area contributed by atoms with Gasteiger partial charge in [-0.05, 0) is 43.9 Å². The third-order valence-corrected chi connectivity index (χ3v) is 4.99. The van der Waals surface area contributed by atoms with Gasteiger partial charge < -0.3 is 10.2 Å². The largest absolute Gasteiger partial charge is 0.365 e. The standard InChI is InChI=1S/C17H26N2/c1-3-15-12-18-17(9-4-5-10-17)13-19(15)16-8-6-7-14(2)11-16/h6-8,11,15,18H,3-5,9-10,12-13H2,1-2H3. The van der Waals surface area contributed by atoms with Crippen molar-refractivity contribution in [2.75, 3.05) is 18.0 Å². The van der Waals surface area contributed by atoms with Gasteiger partial charge in [0.2, 0.25) is 0 Å². The molecule has 19 heavy (non-hydrogen) atoms. The topological polar surface area (TPSA) is 15.3 Å². The molecule has 0 aromatic heterocycles. The van der Waals surface area contributed by atoms with Crippen molar-refractivity contribution in [1.82, 2.24) is 5.32 Å². The zero-order valence-corrected chi connectivity index (χ0v) is 12.3. The first-order valence-electron chi connectivity index (χ1n) is 7.81. The van der Waals surface area contributed by atoms with Crippen molar-refractivity contribution in [3.63, 3.8) is 0 Å². The molecule has 1 saturated heterocycles. The Balaban J connectivity index is 1.86. The minimum absolute atomic E-state index is 0.398. The monoisotopic (exact) mass is 258 g/mol. The fraction of sp³-hybridized carbons (Fsp3) is 0.647. The van der Waals surface area contributed by atoms with Crippen molar-refractivity contribution in [3.05, 3.63) is 29.8 Å². The number of anilines is 1. The lowest BCUT2D eigenvalue weighted by atomic mass is 9.91. The molecule has 2 fully saturated rings. The molecule has 2 nitrogen and oxygen atoms in total. The predicted molar refractivity (Wildman–Crippen MR) is 81.8 cm³/mol. The van der Waals surface area contributed by atoms with Crippen molar-refractivity contribution < 1.29 is 0 Å². The Morgan fingerprint density at radius 2 is 2.11 bits per heavy atom. The van der Waals surface area contributed by atoms with E-state index < -0.39 is 0 Å². The van der Waals surface area contributed by atoms with Crippen LogP contribution in [0.3, 0.4) is 0 Å². The summed E-state index contributed by atoms with van der Waals surface area (Å²) in [5.74, 6) is 0. The van der Waals surface area contributed by atoms with Crippen LogP contribution in [0.25, 0.3) is 0 Å². The molecular formula is C17H26N2. The maximum atomic E-state index is 3.87. The minimum Gasteiger partial charge on any atom is -0.365 e. The van der Waals surface area contributed by atoms with E-state index in [0.29, 0.717) is 11.6 Å². The van der Waals surface area contributed by atoms with Gasteiger partial charge in [-0.2, -0.15) is 0 Å². The molecule has 1 aromatic rings. The molecule has 1 N–H and O–H groups in total. The van der Waals surface area contributed by atoms with E-state index in [1.165, 1.54) is 49.9 Å². The van der Waals surface area contributed by atoms with E-state index in [1.807, 2.05) is 0 Å². The van der Waals surface area contributed by atoms with E-state index in [1.54, 1.807) is 0 Å². The van der Waals surface area contributed by atoms with Crippen LogP contribution in [0.2, 0.25) is 0 Å². The first-order valence-corrected chi connectivity index (χ1v) is 7.81. The molecule has 0 amide bonds. The van der Waals surface area contributed by atoms with Gasteiger partial charge in [-0.1, -0.05) is 31.9 Å². The maximum absolute atomic E-state index is 3.87. The molecule has 1 heterocycles. The second kappa shape index (κ2) is 5.16. The highest BCUT2D eigenvalue weighted by atomic mass is 15.3. The smallest absolute Gasteiger partial charge is 0.0412 e. The van der Waals surface area contributed by atoms with E-state index in [-0.39, 0.29) is 0 Å². The Morgan fingerprint density at radius 3 is 2.79 bits per heavy atom. The van der Waals surface area contributed by atoms with E-state index in [2.05, 4.69) is 48.3 Å². The van der Waals surface area contributed by atoms with Crippen LogP contribution in [0, 0.1) is 6.92 Å². The predicted octanol–water partition coefficient (Wildman–Crippen LogP) is 3.50. The van der Waals surface area contributed by atoms with Gasteiger partial charge in [0, 0.05) is 30.4 Å². The molecular weight excluding hydrogens is 232 g/mol. The average molecular weight is 258 g/mol. The molecule has 3 rings (SSSR count). The summed E-state index contributed by atoms with van der Waals surface area (Å²) in [5.41, 5.74) is 3.18. The number of piperazine rings is 1. The molecule has 1 spiro atoms. The Hall–Kier alpha value is -1.02. The Morgan fingerprint density at radius 1 is 1.32 bits per heavy atom. The lowest BCUT2D eigenvalue weighted by molar-refractivity contribution is 0.267. The van der Waals surface area contributed by atoms with Crippen molar-refractivity contribution in [3.8, 4) is 0 Å². The zero-order chi connectivity index (χ0) is 13.3. The summed E-state index contributed by atoms with van der Waals surface area (Å²) >= 11 is 0. The Bertz CT molecular complexity index is 435. The third kappa shape index (κ3) is 2.51. The van der Waals surface area contributed by atoms with Gasteiger partial charge in [0.1, 0.15) is 0 Å². The van der Waals surface area contributed by atoms with Gasteiger partial charge in [-0.25, -0.2) is 0 Å². The summed E-state index contributed by atoms with van der Waals surface area (Å²) in [5, 5.41) is 3.87. The molecule has 0 radical (unpaired) electrons. The highest BCUT2D eigenvalue weighted by Crippen LogP contribution is 2.35. The normalized spacial score (nSPS) is 26.0. The Labute approximate surface area is 117 Å². The second-order valence-electron chi connectivity index (χ2n) is 6.40. The van der Waals surface area contributed by atoms with Crippen LogP contribution in [0.4, 0.5) is 5.69 Å². The maximum Gasteiger partial charge on any atom is 0.0412 e. The fourth-order valence-corrected chi connectivity index (χ4v) is 3.82. The molecule has 2 heteroatoms. The first kappa shape index (κ1) is 13.0. The van der Waals surface area contributed by atoms with Crippen LogP contribution in [0.1, 0.15) is 44.6 Å². The van der Waals surface area contributed by atoms with E-state index in [4.69, 9.17) is 0 Å². The third-order valence-electron chi connectivity index (χ3n) is 4.99. The van der Waals surface area contributed by atoms with Gasteiger partial charge >= 0.3 is 0 Å². The number of rotatable bonds is 2. The number of benzene rings is 1. The summed E-state index contributed by atoms with van der Waals surface area (Å²) in [6.45, 7) is 6.83. The summed E-state index contributed by atoms with van der Waals surface area (Å²) in [4.78, 5) is 2.66. The number of hydrogen-bond donors (Lipinski definition) is 1. The molecule has 0 bridgehead atoms. The highest BCUT2D eigenvalue weighted by molar-refractivity contribution is 5.50. The number of nitrogens with zero attached hydrogens (tertiary/aromatic N) is 1. The van der Waals surface area contributed by atoms with Gasteiger partial charge in [0.15, 0.2) is 0 Å². The van der Waals surface area contributed by atoms with Gasteiger partial charge in [0.25, 0.3) is 0 Å². The van der Waals surface area contributed by atoms with Gasteiger partial charge in [0.05, 0.1) is 0 Å². The quantitative estimate of drug-likeness (QED) is 0.873. The van der Waals surface area contributed by atoms with Crippen molar-refractivity contribution in [2.24, 2.45) is 0 Å². The van der Waals surface area contributed by atoms with Gasteiger partial charge in [-0.3, -0.25) is 0 Å². The molecule has 1 aliphatic carbocycles. The lowest BCUT2D eigenvalue weighted by Gasteiger charge is -2.47. The number of nitrogens with one attached hydrogen (secondary N) is 1. The molecule has 2 aliphatic rings. The average Bonchev–Trinajstić information content (AvgIpc) is 2.87. The zero-order valence-electron chi connectivity index (χ0n) is 12.3. The Kier molecular flexibility index (Phi) is 3.53. The van der Waals surface area contributed by atoms with Crippen molar-refractivity contribution >= 4 is 5.69 Å². The minimum atomic E-state index is 0.398. The first-order chi connectivity index (χ1) is 9.22. The number of hydrogen-bond acceptors (Lipinski definition) is 2. The SMILES string of the molecule is CCC1CNC2(CCCC2)CN1c1cccc(C)c1. The van der Waals surface area contributed by atoms with E-state index in [9.17, 15) is 0 Å². The van der Waals surface area contributed by atoms with Crippen molar-refractivity contribution in [1.29, 1.82) is 0 Å². The molecule has 1 aliphatic heterocycles. The molecule has 1 aromatic carbocycles. The molecule has 104 valence electrons. The van der Waals surface area contributed by atoms with Crippen LogP contribution >= 0.6 is 0 Å². The summed E-state index contributed by atoms with van der Waals surface area (Å²) in [7, 11) is 0. The molecule has 1 saturated carbocycles. The highest BCUT2D eigenvalue weighted by Gasteiger charge is 2.40. The number of aryl methyl sites for hydroxylation is 1. The summed E-state index contributed by atoms with van der Waals surface area (Å²) < 4.78 is 0.